The summed E-state index contributed by atoms with van der Waals surface area (Å²) in [6.45, 7) is 15.7. The SMILES string of the molecule is CC(C)(C)Cn1ccn(CC(C)(C)C)[c]1=[Cu][Br]. The summed E-state index contributed by atoms with van der Waals surface area (Å²) in [7, 11) is 0. The molecule has 0 bridgehead atoms. The zero-order valence-corrected chi connectivity index (χ0v) is 14.2. The number of halogens is 1. The van der Waals surface area contributed by atoms with E-state index in [0.717, 1.165) is 13.1 Å². The van der Waals surface area contributed by atoms with Crippen molar-refractivity contribution in [1.29, 1.82) is 0 Å². The molecule has 0 atom stereocenters. The van der Waals surface area contributed by atoms with Crippen molar-refractivity contribution in [3.8, 4) is 0 Å². The molecule has 0 aliphatic carbocycles. The van der Waals surface area contributed by atoms with E-state index in [9.17, 15) is 0 Å². The molecule has 1 aromatic rings. The number of hydrogen-bond acceptors (Lipinski definition) is 0. The molecule has 17 heavy (non-hydrogen) atoms. The van der Waals surface area contributed by atoms with Crippen LogP contribution in [0.4, 0.5) is 0 Å². The molecule has 2 nitrogen and oxygen atoms in total. The minimum absolute atomic E-state index is 0.300. The van der Waals surface area contributed by atoms with E-state index in [1.54, 1.807) is 12.7 Å². The molecule has 1 aromatic heterocycles. The second-order valence-electron chi connectivity index (χ2n) is 6.97. The molecule has 0 aliphatic heterocycles. The van der Waals surface area contributed by atoms with Crippen molar-refractivity contribution in [3.63, 3.8) is 0 Å². The fraction of sp³-hybridized carbons (Fsp3) is 0.769. The first-order valence-electron chi connectivity index (χ1n) is 5.90. The Labute approximate surface area is 118 Å². The van der Waals surface area contributed by atoms with Crippen LogP contribution in [-0.4, -0.2) is 9.13 Å². The summed E-state index contributed by atoms with van der Waals surface area (Å²) in [6.07, 6.45) is 4.36. The average molecular weight is 352 g/mol. The van der Waals surface area contributed by atoms with Crippen LogP contribution in [0.1, 0.15) is 41.5 Å². The van der Waals surface area contributed by atoms with Crippen LogP contribution >= 0.6 is 14.1 Å². The third-order valence-electron chi connectivity index (χ3n) is 2.20. The van der Waals surface area contributed by atoms with Gasteiger partial charge >= 0.3 is 118 Å². The van der Waals surface area contributed by atoms with E-state index in [-0.39, 0.29) is 0 Å². The zero-order valence-electron chi connectivity index (χ0n) is 11.6. The van der Waals surface area contributed by atoms with Crippen molar-refractivity contribution in [3.05, 3.63) is 16.7 Å². The molecular weight excluding hydrogens is 328 g/mol. The number of nitrogens with zero attached hydrogens (tertiary/aromatic N) is 2. The van der Waals surface area contributed by atoms with E-state index in [1.807, 2.05) is 0 Å². The molecule has 0 aromatic carbocycles. The second-order valence-corrected chi connectivity index (χ2v) is 8.55. The number of imidazole rings is 1. The van der Waals surface area contributed by atoms with Gasteiger partial charge in [-0.25, -0.2) is 0 Å². The first-order chi connectivity index (χ1) is 7.62. The van der Waals surface area contributed by atoms with E-state index in [4.69, 9.17) is 0 Å². The topological polar surface area (TPSA) is 9.86 Å². The maximum absolute atomic E-state index is 3.52. The van der Waals surface area contributed by atoms with Gasteiger partial charge < -0.3 is 0 Å². The van der Waals surface area contributed by atoms with Crippen LogP contribution in [-0.2, 0) is 25.8 Å². The summed E-state index contributed by atoms with van der Waals surface area (Å²) < 4.78 is 5.90. The predicted octanol–water partition coefficient (Wildman–Crippen LogP) is 4.31. The number of aromatic nitrogens is 2. The van der Waals surface area contributed by atoms with Gasteiger partial charge in [0, 0.05) is 0 Å². The number of hydrogen-bond donors (Lipinski definition) is 0. The van der Waals surface area contributed by atoms with Gasteiger partial charge in [0.2, 0.25) is 0 Å². The van der Waals surface area contributed by atoms with E-state index in [2.05, 4.69) is 77.2 Å². The molecule has 0 unspecified atom stereocenters. The fourth-order valence-corrected chi connectivity index (χ4v) is 3.38. The summed E-state index contributed by atoms with van der Waals surface area (Å²) in [5.74, 6) is 0. The van der Waals surface area contributed by atoms with Gasteiger partial charge in [0.1, 0.15) is 0 Å². The molecule has 0 spiro atoms. The Morgan fingerprint density at radius 1 is 0.941 bits per heavy atom. The molecule has 0 fully saturated rings. The van der Waals surface area contributed by atoms with Crippen molar-refractivity contribution in [2.45, 2.75) is 54.6 Å². The van der Waals surface area contributed by atoms with Gasteiger partial charge in [-0.05, 0) is 0 Å². The Morgan fingerprint density at radius 2 is 1.29 bits per heavy atom. The summed E-state index contributed by atoms with van der Waals surface area (Å²) in [5.41, 5.74) is 0.600. The predicted molar refractivity (Wildman–Crippen MR) is 73.5 cm³/mol. The molecular formula is C13H24BrCuN2. The van der Waals surface area contributed by atoms with Crippen LogP contribution in [0, 0.1) is 15.2 Å². The summed E-state index contributed by atoms with van der Waals surface area (Å²) in [5, 5.41) is 0. The van der Waals surface area contributed by atoms with Crippen molar-refractivity contribution in [2.75, 3.05) is 0 Å². The Kier molecular flexibility index (Phi) is 4.90. The molecule has 0 amide bonds. The van der Waals surface area contributed by atoms with Gasteiger partial charge in [-0.15, -0.1) is 0 Å². The Bertz CT molecular complexity index is 393. The summed E-state index contributed by atoms with van der Waals surface area (Å²) >= 11 is 5.26. The van der Waals surface area contributed by atoms with E-state index in [1.165, 1.54) is 4.32 Å². The van der Waals surface area contributed by atoms with Gasteiger partial charge in [-0.2, -0.15) is 0 Å². The van der Waals surface area contributed by atoms with Crippen molar-refractivity contribution < 1.29 is 12.7 Å². The molecule has 0 radical (unpaired) electrons. The van der Waals surface area contributed by atoms with E-state index in [0.29, 0.717) is 10.8 Å². The number of rotatable bonds is 2. The van der Waals surface area contributed by atoms with Crippen molar-refractivity contribution in [2.24, 2.45) is 10.8 Å². The molecule has 0 saturated heterocycles. The second kappa shape index (κ2) is 5.46. The van der Waals surface area contributed by atoms with E-state index < -0.39 is 0 Å². The standard InChI is InChI=1S/C13H24N2.BrH.Cu/c1-12(2,3)9-14-7-8-15(11-14)10-13(4,5)6;;/h7-8H,9-10H2,1-6H3;1H;/q;;+1/p-1. The van der Waals surface area contributed by atoms with Crippen LogP contribution in [0.2, 0.25) is 0 Å². The maximum atomic E-state index is 3.52. The molecule has 0 aliphatic rings. The molecule has 0 N–H and O–H groups in total. The van der Waals surface area contributed by atoms with Crippen molar-refractivity contribution >= 4 is 14.1 Å². The van der Waals surface area contributed by atoms with Gasteiger partial charge in [-0.1, -0.05) is 0 Å². The molecule has 4 heteroatoms. The van der Waals surface area contributed by atoms with Crippen LogP contribution in [0.5, 0.6) is 0 Å². The van der Waals surface area contributed by atoms with Gasteiger partial charge in [0.05, 0.1) is 0 Å². The third-order valence-corrected chi connectivity index (χ3v) is 3.78. The van der Waals surface area contributed by atoms with Crippen LogP contribution in [0.3, 0.4) is 0 Å². The average Bonchev–Trinajstić information content (AvgIpc) is 2.41. The van der Waals surface area contributed by atoms with Gasteiger partial charge in [0.15, 0.2) is 0 Å². The quantitative estimate of drug-likeness (QED) is 0.703. The fourth-order valence-electron chi connectivity index (χ4n) is 1.75. The minimum atomic E-state index is 0.300. The van der Waals surface area contributed by atoms with E-state index >= 15 is 0 Å². The van der Waals surface area contributed by atoms with Gasteiger partial charge in [-0.3, -0.25) is 0 Å². The first-order valence-corrected chi connectivity index (χ1v) is 8.70. The monoisotopic (exact) mass is 350 g/mol. The Balaban J connectivity index is 3.05. The molecule has 1 rings (SSSR count). The van der Waals surface area contributed by atoms with Crippen LogP contribution in [0.15, 0.2) is 12.4 Å². The van der Waals surface area contributed by atoms with Crippen LogP contribution in [0.25, 0.3) is 0 Å². The third kappa shape index (κ3) is 5.15. The normalized spacial score (nSPS) is 13.4. The molecule has 0 saturated carbocycles. The molecule has 1 heterocycles. The van der Waals surface area contributed by atoms with Gasteiger partial charge in [0.25, 0.3) is 0 Å². The van der Waals surface area contributed by atoms with Crippen molar-refractivity contribution in [1.82, 2.24) is 9.13 Å². The van der Waals surface area contributed by atoms with Crippen LogP contribution < -0.4 is 0 Å². The Hall–Kier alpha value is 0.209. The summed E-state index contributed by atoms with van der Waals surface area (Å²) in [4.78, 5) is 0. The Morgan fingerprint density at radius 3 is 1.53 bits per heavy atom. The first kappa shape index (κ1) is 15.3. The summed E-state index contributed by atoms with van der Waals surface area (Å²) in [6, 6.07) is 0. The molecule has 104 valence electrons. The zero-order chi connectivity index (χ0) is 13.3.